The number of fused-ring (bicyclic) bond motifs is 2. The van der Waals surface area contributed by atoms with E-state index in [1.807, 2.05) is 12.1 Å². The Morgan fingerprint density at radius 3 is 2.91 bits per heavy atom. The highest BCUT2D eigenvalue weighted by Crippen LogP contribution is 2.32. The second kappa shape index (κ2) is 8.66. The number of nitrogens with one attached hydrogen (secondary N) is 1. The zero-order chi connectivity index (χ0) is 23.2. The second-order valence-corrected chi connectivity index (χ2v) is 9.91. The van der Waals surface area contributed by atoms with Gasteiger partial charge in [0.15, 0.2) is 0 Å². The molecule has 1 N–H and O–H groups in total. The lowest BCUT2D eigenvalue weighted by Crippen LogP contribution is -2.56. The number of anilines is 1. The third kappa shape index (κ3) is 3.74. The van der Waals surface area contributed by atoms with Crippen LogP contribution in [0.1, 0.15) is 42.8 Å². The number of hydrogen-bond acceptors (Lipinski definition) is 7. The van der Waals surface area contributed by atoms with Crippen molar-refractivity contribution in [1.82, 2.24) is 25.0 Å². The highest BCUT2D eigenvalue weighted by Gasteiger charge is 2.36. The van der Waals surface area contributed by atoms with Crippen molar-refractivity contribution in [3.63, 3.8) is 0 Å². The van der Waals surface area contributed by atoms with Gasteiger partial charge in [-0.05, 0) is 38.1 Å². The Hall–Kier alpha value is -2.99. The number of morpholine rings is 1. The number of rotatable bonds is 4. The molecule has 3 aliphatic heterocycles. The summed E-state index contributed by atoms with van der Waals surface area (Å²) in [5.41, 5.74) is 5.29. The number of likely N-dealkylation sites (tertiary alicyclic amines) is 1. The van der Waals surface area contributed by atoms with Crippen molar-refractivity contribution in [2.24, 2.45) is 0 Å². The molecule has 176 valence electrons. The van der Waals surface area contributed by atoms with Crippen LogP contribution < -0.4 is 10.2 Å². The molecule has 3 aliphatic rings. The van der Waals surface area contributed by atoms with Gasteiger partial charge in [0.25, 0.3) is 0 Å². The second-order valence-electron chi connectivity index (χ2n) is 9.91. The molecule has 2 aromatic heterocycles. The molecule has 1 aromatic carbocycles. The molecule has 0 amide bonds. The minimum atomic E-state index is 0.142. The number of ether oxygens (including phenoxy) is 1. The van der Waals surface area contributed by atoms with E-state index in [1.165, 1.54) is 11.3 Å². The van der Waals surface area contributed by atoms with Crippen LogP contribution in [0.2, 0.25) is 0 Å². The van der Waals surface area contributed by atoms with Gasteiger partial charge in [0.2, 0.25) is 0 Å². The Labute approximate surface area is 200 Å². The van der Waals surface area contributed by atoms with E-state index < -0.39 is 0 Å². The van der Waals surface area contributed by atoms with E-state index in [9.17, 15) is 5.26 Å². The third-order valence-electron chi connectivity index (χ3n) is 7.49. The standard InChI is InChI=1S/C26H31N7O/c1-17-12-32(24-6-5-19(10-27)26-22(24)4-3-8-29-26)16-21(34-17)15-31-13-20(14-31)33-25-7-9-28-18(2)23(25)11-30-33/h3-6,8,11,17-18,20-21,28H,7,9,12-16H2,1-2H3. The number of pyridine rings is 1. The molecule has 5 heterocycles. The molecule has 2 saturated heterocycles. The van der Waals surface area contributed by atoms with Crippen molar-refractivity contribution in [3.8, 4) is 6.07 Å². The highest BCUT2D eigenvalue weighted by atomic mass is 16.5. The topological polar surface area (TPSA) is 82.2 Å². The van der Waals surface area contributed by atoms with Crippen LogP contribution in [0.3, 0.4) is 0 Å². The van der Waals surface area contributed by atoms with Gasteiger partial charge >= 0.3 is 0 Å². The normalized spacial score (nSPS) is 25.7. The molecule has 8 nitrogen and oxygen atoms in total. The summed E-state index contributed by atoms with van der Waals surface area (Å²) in [4.78, 5) is 9.37. The molecule has 0 aliphatic carbocycles. The molecule has 2 fully saturated rings. The van der Waals surface area contributed by atoms with E-state index in [-0.39, 0.29) is 12.2 Å². The molecule has 8 heteroatoms. The first-order valence-corrected chi connectivity index (χ1v) is 12.3. The van der Waals surface area contributed by atoms with Crippen LogP contribution >= 0.6 is 0 Å². The van der Waals surface area contributed by atoms with E-state index in [4.69, 9.17) is 9.84 Å². The summed E-state index contributed by atoms with van der Waals surface area (Å²) >= 11 is 0. The number of benzene rings is 1. The first-order valence-electron chi connectivity index (χ1n) is 12.3. The smallest absolute Gasteiger partial charge is 0.101 e. The van der Waals surface area contributed by atoms with E-state index in [2.05, 4.69) is 63.0 Å². The van der Waals surface area contributed by atoms with Crippen LogP contribution in [0, 0.1) is 11.3 Å². The SMILES string of the molecule is CC1CN(c2ccc(C#N)c3ncccc23)CC(CN2CC(n3ncc4c3CCNC4C)C2)O1. The molecule has 3 aromatic rings. The minimum absolute atomic E-state index is 0.142. The predicted molar refractivity (Wildman–Crippen MR) is 131 cm³/mol. The van der Waals surface area contributed by atoms with Gasteiger partial charge in [-0.3, -0.25) is 14.6 Å². The first kappa shape index (κ1) is 21.5. The zero-order valence-corrected chi connectivity index (χ0v) is 19.8. The van der Waals surface area contributed by atoms with Gasteiger partial charge in [-0.25, -0.2) is 0 Å². The number of aromatic nitrogens is 3. The van der Waals surface area contributed by atoms with Gasteiger partial charge in [0.1, 0.15) is 6.07 Å². The number of nitriles is 1. The lowest BCUT2D eigenvalue weighted by Gasteiger charge is -2.45. The quantitative estimate of drug-likeness (QED) is 0.645. The van der Waals surface area contributed by atoms with Crippen LogP contribution in [-0.2, 0) is 11.2 Å². The van der Waals surface area contributed by atoms with Crippen molar-refractivity contribution in [3.05, 3.63) is 53.5 Å². The molecule has 0 bridgehead atoms. The monoisotopic (exact) mass is 457 g/mol. The van der Waals surface area contributed by atoms with E-state index >= 15 is 0 Å². The Kier molecular flexibility index (Phi) is 5.48. The van der Waals surface area contributed by atoms with Gasteiger partial charge in [-0.15, -0.1) is 0 Å². The molecule has 0 spiro atoms. The summed E-state index contributed by atoms with van der Waals surface area (Å²) < 4.78 is 8.62. The van der Waals surface area contributed by atoms with Crippen LogP contribution in [0.4, 0.5) is 5.69 Å². The van der Waals surface area contributed by atoms with Crippen LogP contribution in [0.25, 0.3) is 10.9 Å². The molecule has 3 unspecified atom stereocenters. The Morgan fingerprint density at radius 2 is 2.06 bits per heavy atom. The lowest BCUT2D eigenvalue weighted by atomic mass is 10.0. The highest BCUT2D eigenvalue weighted by molar-refractivity contribution is 5.95. The van der Waals surface area contributed by atoms with Crippen molar-refractivity contribution in [1.29, 1.82) is 5.26 Å². The molecule has 0 radical (unpaired) electrons. The summed E-state index contributed by atoms with van der Waals surface area (Å²) in [6.07, 6.45) is 5.15. The van der Waals surface area contributed by atoms with Crippen molar-refractivity contribution < 1.29 is 4.74 Å². The molecule has 0 saturated carbocycles. The first-order chi connectivity index (χ1) is 16.6. The summed E-state index contributed by atoms with van der Waals surface area (Å²) in [5, 5.41) is 18.8. The average Bonchev–Trinajstić information content (AvgIpc) is 3.25. The van der Waals surface area contributed by atoms with Crippen LogP contribution in [0.15, 0.2) is 36.7 Å². The van der Waals surface area contributed by atoms with Gasteiger partial charge in [-0.1, -0.05) is 0 Å². The van der Waals surface area contributed by atoms with E-state index in [1.54, 1.807) is 6.20 Å². The van der Waals surface area contributed by atoms with Crippen molar-refractivity contribution in [2.75, 3.05) is 44.2 Å². The maximum atomic E-state index is 9.48. The fraction of sp³-hybridized carbons (Fsp3) is 0.500. The van der Waals surface area contributed by atoms with Crippen LogP contribution in [0.5, 0.6) is 0 Å². The van der Waals surface area contributed by atoms with Crippen molar-refractivity contribution in [2.45, 2.75) is 44.6 Å². The van der Waals surface area contributed by atoms with Crippen molar-refractivity contribution >= 4 is 16.6 Å². The molecule has 34 heavy (non-hydrogen) atoms. The fourth-order valence-corrected chi connectivity index (χ4v) is 5.85. The Bertz CT molecular complexity index is 1240. The summed E-state index contributed by atoms with van der Waals surface area (Å²) in [6.45, 7) is 10.0. The van der Waals surface area contributed by atoms with Crippen LogP contribution in [-0.4, -0.2) is 71.1 Å². The third-order valence-corrected chi connectivity index (χ3v) is 7.49. The van der Waals surface area contributed by atoms with Gasteiger partial charge < -0.3 is 15.0 Å². The minimum Gasteiger partial charge on any atom is -0.370 e. The molecule has 3 atom stereocenters. The zero-order valence-electron chi connectivity index (χ0n) is 19.8. The van der Waals surface area contributed by atoms with Gasteiger partial charge in [0, 0.05) is 80.3 Å². The average molecular weight is 458 g/mol. The maximum absolute atomic E-state index is 9.48. The van der Waals surface area contributed by atoms with Gasteiger partial charge in [0.05, 0.1) is 35.5 Å². The molecule has 6 rings (SSSR count). The maximum Gasteiger partial charge on any atom is 0.101 e. The number of nitrogens with zero attached hydrogens (tertiary/aromatic N) is 6. The summed E-state index contributed by atoms with van der Waals surface area (Å²) in [6, 6.07) is 11.1. The Morgan fingerprint density at radius 1 is 1.18 bits per heavy atom. The van der Waals surface area contributed by atoms with E-state index in [0.717, 1.165) is 62.3 Å². The summed E-state index contributed by atoms with van der Waals surface area (Å²) in [5.74, 6) is 0. The van der Waals surface area contributed by atoms with Gasteiger partial charge in [-0.2, -0.15) is 10.4 Å². The predicted octanol–water partition coefficient (Wildman–Crippen LogP) is 2.66. The molecular formula is C26H31N7O. The fourth-order valence-electron chi connectivity index (χ4n) is 5.85. The number of hydrogen-bond donors (Lipinski definition) is 1. The Balaban J connectivity index is 1.14. The van der Waals surface area contributed by atoms with E-state index in [0.29, 0.717) is 17.6 Å². The summed E-state index contributed by atoms with van der Waals surface area (Å²) in [7, 11) is 0. The lowest BCUT2D eigenvalue weighted by molar-refractivity contribution is -0.0491. The largest absolute Gasteiger partial charge is 0.370 e. The molecular weight excluding hydrogens is 426 g/mol.